The summed E-state index contributed by atoms with van der Waals surface area (Å²) in [4.78, 5) is 15.4. The first-order chi connectivity index (χ1) is 7.70. The van der Waals surface area contributed by atoms with E-state index in [0.717, 1.165) is 5.69 Å². The van der Waals surface area contributed by atoms with Crippen molar-refractivity contribution in [1.82, 2.24) is 20.0 Å². The summed E-state index contributed by atoms with van der Waals surface area (Å²) < 4.78 is 5.96. The number of pyridine rings is 1. The Morgan fingerprint density at radius 1 is 1.44 bits per heavy atom. The lowest BCUT2D eigenvalue weighted by molar-refractivity contribution is 0.0594. The van der Waals surface area contributed by atoms with Gasteiger partial charge in [0, 0.05) is 5.69 Å². The maximum absolute atomic E-state index is 11.2. The van der Waals surface area contributed by atoms with Gasteiger partial charge in [0.05, 0.1) is 13.3 Å². The van der Waals surface area contributed by atoms with Crippen LogP contribution in [0.25, 0.3) is 5.82 Å². The Morgan fingerprint density at radius 2 is 2.25 bits per heavy atom. The monoisotopic (exact) mass is 218 g/mol. The van der Waals surface area contributed by atoms with Crippen LogP contribution in [0.5, 0.6) is 0 Å². The number of carbonyl (C=O) groups is 1. The van der Waals surface area contributed by atoms with E-state index in [-0.39, 0.29) is 5.69 Å². The molecule has 0 radical (unpaired) electrons. The first-order valence-electron chi connectivity index (χ1n) is 4.65. The normalized spacial score (nSPS) is 10.1. The smallest absolute Gasteiger partial charge is 0.360 e. The van der Waals surface area contributed by atoms with Crippen LogP contribution in [-0.4, -0.2) is 33.1 Å². The molecular weight excluding hydrogens is 208 g/mol. The minimum Gasteiger partial charge on any atom is -0.464 e. The molecule has 0 fully saturated rings. The molecule has 0 aliphatic rings. The van der Waals surface area contributed by atoms with Crippen LogP contribution in [0.3, 0.4) is 0 Å². The number of nitrogens with zero attached hydrogens (tertiary/aromatic N) is 4. The number of ether oxygens (including phenoxy) is 1. The molecule has 6 nitrogen and oxygen atoms in total. The molecule has 2 aromatic heterocycles. The van der Waals surface area contributed by atoms with E-state index in [2.05, 4.69) is 20.0 Å². The molecule has 2 rings (SSSR count). The predicted octanol–water partition coefficient (Wildman–Crippen LogP) is 0.757. The Labute approximate surface area is 91.9 Å². The predicted molar refractivity (Wildman–Crippen MR) is 55.2 cm³/mol. The molecule has 0 bridgehead atoms. The van der Waals surface area contributed by atoms with Gasteiger partial charge in [-0.15, -0.1) is 5.10 Å². The van der Waals surface area contributed by atoms with E-state index in [1.165, 1.54) is 18.0 Å². The molecule has 2 heterocycles. The second-order valence-electron chi connectivity index (χ2n) is 3.18. The van der Waals surface area contributed by atoms with E-state index < -0.39 is 5.97 Å². The lowest BCUT2D eigenvalue weighted by Gasteiger charge is -1.98. The molecule has 0 amide bonds. The number of carbonyl (C=O) groups excluding carboxylic acids is 1. The SMILES string of the molecule is COC(=O)c1cn(-c2cccc(C)n2)nn1. The molecule has 0 aromatic carbocycles. The maximum Gasteiger partial charge on any atom is 0.360 e. The van der Waals surface area contributed by atoms with Crippen LogP contribution in [0.15, 0.2) is 24.4 Å². The fraction of sp³-hybridized carbons (Fsp3) is 0.200. The number of aryl methyl sites for hydroxylation is 1. The standard InChI is InChI=1S/C10H10N4O2/c1-7-4-3-5-9(11-7)14-6-8(12-13-14)10(15)16-2/h3-6H,1-2H3. The molecule has 0 aliphatic heterocycles. The van der Waals surface area contributed by atoms with E-state index in [9.17, 15) is 4.79 Å². The number of hydrogen-bond acceptors (Lipinski definition) is 5. The van der Waals surface area contributed by atoms with Gasteiger partial charge in [-0.05, 0) is 19.1 Å². The second-order valence-corrected chi connectivity index (χ2v) is 3.18. The molecular formula is C10H10N4O2. The van der Waals surface area contributed by atoms with Crippen molar-refractivity contribution in [3.05, 3.63) is 35.8 Å². The Hall–Kier alpha value is -2.24. The van der Waals surface area contributed by atoms with E-state index >= 15 is 0 Å². The van der Waals surface area contributed by atoms with Crippen LogP contribution in [0.2, 0.25) is 0 Å². The molecule has 0 spiro atoms. The van der Waals surface area contributed by atoms with Gasteiger partial charge >= 0.3 is 5.97 Å². The Morgan fingerprint density at radius 3 is 2.94 bits per heavy atom. The fourth-order valence-electron chi connectivity index (χ4n) is 1.23. The van der Waals surface area contributed by atoms with Gasteiger partial charge in [-0.25, -0.2) is 14.5 Å². The van der Waals surface area contributed by atoms with Gasteiger partial charge in [0.15, 0.2) is 11.5 Å². The minimum atomic E-state index is -0.515. The van der Waals surface area contributed by atoms with E-state index in [1.807, 2.05) is 19.1 Å². The van der Waals surface area contributed by atoms with Crippen LogP contribution in [0.1, 0.15) is 16.2 Å². The highest BCUT2D eigenvalue weighted by atomic mass is 16.5. The lowest BCUT2D eigenvalue weighted by Crippen LogP contribution is -2.01. The van der Waals surface area contributed by atoms with Gasteiger partial charge in [0.2, 0.25) is 0 Å². The van der Waals surface area contributed by atoms with Gasteiger partial charge in [0.25, 0.3) is 0 Å². The van der Waals surface area contributed by atoms with Gasteiger partial charge in [-0.2, -0.15) is 0 Å². The van der Waals surface area contributed by atoms with Crippen molar-refractivity contribution < 1.29 is 9.53 Å². The summed E-state index contributed by atoms with van der Waals surface area (Å²) in [5.74, 6) is 0.0987. The number of aromatic nitrogens is 4. The molecule has 2 aromatic rings. The molecule has 0 atom stereocenters. The summed E-state index contributed by atoms with van der Waals surface area (Å²) in [5, 5.41) is 7.49. The van der Waals surface area contributed by atoms with Crippen molar-refractivity contribution in [2.75, 3.05) is 7.11 Å². The van der Waals surface area contributed by atoms with Crippen LogP contribution < -0.4 is 0 Å². The summed E-state index contributed by atoms with van der Waals surface area (Å²) in [6, 6.07) is 5.52. The number of hydrogen-bond donors (Lipinski definition) is 0. The third-order valence-corrected chi connectivity index (χ3v) is 2.00. The number of esters is 1. The topological polar surface area (TPSA) is 69.9 Å². The minimum absolute atomic E-state index is 0.158. The number of rotatable bonds is 2. The zero-order valence-corrected chi connectivity index (χ0v) is 8.91. The van der Waals surface area contributed by atoms with Gasteiger partial charge in [-0.3, -0.25) is 0 Å². The Kier molecular flexibility index (Phi) is 2.63. The van der Waals surface area contributed by atoms with E-state index in [4.69, 9.17) is 0 Å². The summed E-state index contributed by atoms with van der Waals surface area (Å²) >= 11 is 0. The van der Waals surface area contributed by atoms with Crippen LogP contribution >= 0.6 is 0 Å². The first-order valence-corrected chi connectivity index (χ1v) is 4.65. The largest absolute Gasteiger partial charge is 0.464 e. The second kappa shape index (κ2) is 4.09. The third-order valence-electron chi connectivity index (χ3n) is 2.00. The highest BCUT2D eigenvalue weighted by Crippen LogP contribution is 2.05. The van der Waals surface area contributed by atoms with Gasteiger partial charge in [-0.1, -0.05) is 11.3 Å². The Bertz CT molecular complexity index is 521. The van der Waals surface area contributed by atoms with Crippen molar-refractivity contribution in [2.24, 2.45) is 0 Å². The van der Waals surface area contributed by atoms with Crippen LogP contribution in [-0.2, 0) is 4.74 Å². The average molecular weight is 218 g/mol. The van der Waals surface area contributed by atoms with E-state index in [0.29, 0.717) is 5.82 Å². The third kappa shape index (κ3) is 1.90. The summed E-state index contributed by atoms with van der Waals surface area (Å²) in [6.45, 7) is 1.88. The summed E-state index contributed by atoms with van der Waals surface area (Å²) in [6.07, 6.45) is 1.48. The molecule has 16 heavy (non-hydrogen) atoms. The van der Waals surface area contributed by atoms with E-state index in [1.54, 1.807) is 6.07 Å². The van der Waals surface area contributed by atoms with Crippen LogP contribution in [0, 0.1) is 6.92 Å². The Balaban J connectivity index is 2.35. The molecule has 0 saturated carbocycles. The van der Waals surface area contributed by atoms with Gasteiger partial charge < -0.3 is 4.74 Å². The number of methoxy groups -OCH3 is 1. The molecule has 82 valence electrons. The van der Waals surface area contributed by atoms with Crippen LogP contribution in [0.4, 0.5) is 0 Å². The zero-order chi connectivity index (χ0) is 11.5. The van der Waals surface area contributed by atoms with Gasteiger partial charge in [0.1, 0.15) is 0 Å². The molecule has 0 N–H and O–H groups in total. The molecule has 0 saturated heterocycles. The van der Waals surface area contributed by atoms with Crippen molar-refractivity contribution in [3.63, 3.8) is 0 Å². The zero-order valence-electron chi connectivity index (χ0n) is 8.91. The fourth-order valence-corrected chi connectivity index (χ4v) is 1.23. The maximum atomic E-state index is 11.2. The average Bonchev–Trinajstić information content (AvgIpc) is 2.77. The van der Waals surface area contributed by atoms with Crippen molar-refractivity contribution in [2.45, 2.75) is 6.92 Å². The van der Waals surface area contributed by atoms with Crippen molar-refractivity contribution >= 4 is 5.97 Å². The van der Waals surface area contributed by atoms with Crippen molar-refractivity contribution in [1.29, 1.82) is 0 Å². The molecule has 6 heteroatoms. The molecule has 0 aliphatic carbocycles. The summed E-state index contributed by atoms with van der Waals surface area (Å²) in [7, 11) is 1.30. The first kappa shape index (κ1) is 10.3. The highest BCUT2D eigenvalue weighted by Gasteiger charge is 2.11. The highest BCUT2D eigenvalue weighted by molar-refractivity contribution is 5.86. The molecule has 0 unspecified atom stereocenters. The quantitative estimate of drug-likeness (QED) is 0.696. The van der Waals surface area contributed by atoms with Crippen molar-refractivity contribution in [3.8, 4) is 5.82 Å². The lowest BCUT2D eigenvalue weighted by atomic mass is 10.4. The summed E-state index contributed by atoms with van der Waals surface area (Å²) in [5.41, 5.74) is 1.03.